The first-order valence-corrected chi connectivity index (χ1v) is 6.62. The van der Waals surface area contributed by atoms with Crippen LogP contribution in [0.25, 0.3) is 10.6 Å². The second-order valence-corrected chi connectivity index (χ2v) is 5.66. The van der Waals surface area contributed by atoms with Crippen LogP contribution in [0.5, 0.6) is 0 Å². The third kappa shape index (κ3) is 3.47. The quantitative estimate of drug-likeness (QED) is 0.872. The molecule has 2 aromatic rings. The number of hydrogen-bond acceptors (Lipinski definition) is 4. The number of halogens is 3. The van der Waals surface area contributed by atoms with Gasteiger partial charge in [-0.05, 0) is 23.9 Å². The molecule has 0 spiro atoms. The smallest absolute Gasteiger partial charge is 0.326 e. The van der Waals surface area contributed by atoms with Crippen LogP contribution in [-0.2, 0) is 6.54 Å². The van der Waals surface area contributed by atoms with Gasteiger partial charge in [0.15, 0.2) is 0 Å². The number of nitrogens with zero attached hydrogens (tertiary/aromatic N) is 1. The first-order valence-electron chi connectivity index (χ1n) is 4.99. The molecule has 0 atom stereocenters. The molecule has 0 saturated heterocycles. The maximum Gasteiger partial charge on any atom is 0.446 e. The minimum absolute atomic E-state index is 0.123. The first kappa shape index (κ1) is 13.4. The lowest BCUT2D eigenvalue weighted by atomic mass is 10.2. The van der Waals surface area contributed by atoms with Crippen molar-refractivity contribution in [3.05, 3.63) is 35.3 Å². The summed E-state index contributed by atoms with van der Waals surface area (Å²) < 4.78 is 36.5. The highest BCUT2D eigenvalue weighted by Crippen LogP contribution is 2.37. The summed E-state index contributed by atoms with van der Waals surface area (Å²) in [6, 6.07) is 6.15. The predicted molar refractivity (Wildman–Crippen MR) is 67.4 cm³/mol. The zero-order valence-corrected chi connectivity index (χ0v) is 10.7. The van der Waals surface area contributed by atoms with Gasteiger partial charge < -0.3 is 5.73 Å². The standard InChI is InChI=1S/C11H9F3N2S2/c12-11(13,14)18-8-3-1-7(2-4-8)10-16-6-9(5-15)17-10/h1-4,6H,5,15H2. The molecule has 0 aliphatic carbocycles. The number of thiazole rings is 1. The van der Waals surface area contributed by atoms with E-state index in [9.17, 15) is 13.2 Å². The minimum atomic E-state index is -4.25. The molecule has 0 unspecified atom stereocenters. The summed E-state index contributed by atoms with van der Waals surface area (Å²) >= 11 is 1.32. The lowest BCUT2D eigenvalue weighted by molar-refractivity contribution is -0.0328. The monoisotopic (exact) mass is 290 g/mol. The highest BCUT2D eigenvalue weighted by molar-refractivity contribution is 8.00. The summed E-state index contributed by atoms with van der Waals surface area (Å²) in [5.74, 6) is 0. The van der Waals surface area contributed by atoms with Crippen LogP contribution < -0.4 is 5.73 Å². The van der Waals surface area contributed by atoms with E-state index in [0.717, 1.165) is 15.4 Å². The van der Waals surface area contributed by atoms with Gasteiger partial charge >= 0.3 is 5.51 Å². The van der Waals surface area contributed by atoms with Crippen LogP contribution in [0.3, 0.4) is 0 Å². The van der Waals surface area contributed by atoms with E-state index in [2.05, 4.69) is 4.98 Å². The van der Waals surface area contributed by atoms with Gasteiger partial charge in [-0.15, -0.1) is 11.3 Å². The normalized spacial score (nSPS) is 11.8. The molecule has 18 heavy (non-hydrogen) atoms. The van der Waals surface area contributed by atoms with E-state index in [1.165, 1.54) is 23.5 Å². The largest absolute Gasteiger partial charge is 0.446 e. The molecule has 2 N–H and O–H groups in total. The molecule has 96 valence electrons. The van der Waals surface area contributed by atoms with Crippen LogP contribution in [0.1, 0.15) is 4.88 Å². The van der Waals surface area contributed by atoms with Gasteiger partial charge in [0.05, 0.1) is 0 Å². The Balaban J connectivity index is 2.17. The number of rotatable bonds is 3. The first-order chi connectivity index (χ1) is 8.48. The highest BCUT2D eigenvalue weighted by Gasteiger charge is 2.29. The molecule has 0 bridgehead atoms. The molecule has 2 nitrogen and oxygen atoms in total. The van der Waals surface area contributed by atoms with Crippen molar-refractivity contribution < 1.29 is 13.2 Å². The van der Waals surface area contributed by atoms with Gasteiger partial charge in [-0.3, -0.25) is 0 Å². The Morgan fingerprint density at radius 2 is 1.89 bits per heavy atom. The van der Waals surface area contributed by atoms with Gasteiger partial charge in [-0.1, -0.05) is 12.1 Å². The maximum atomic E-state index is 12.2. The number of alkyl halides is 3. The molecule has 1 heterocycles. The van der Waals surface area contributed by atoms with Crippen molar-refractivity contribution in [1.82, 2.24) is 4.98 Å². The summed E-state index contributed by atoms with van der Waals surface area (Å²) in [6.45, 7) is 0.416. The number of aromatic nitrogens is 1. The topological polar surface area (TPSA) is 38.9 Å². The molecule has 0 saturated carbocycles. The second-order valence-electron chi connectivity index (χ2n) is 3.41. The van der Waals surface area contributed by atoms with Crippen molar-refractivity contribution in [2.45, 2.75) is 16.9 Å². The van der Waals surface area contributed by atoms with E-state index < -0.39 is 5.51 Å². The van der Waals surface area contributed by atoms with E-state index in [-0.39, 0.29) is 16.7 Å². The fourth-order valence-electron chi connectivity index (χ4n) is 1.33. The summed E-state index contributed by atoms with van der Waals surface area (Å²) in [6.07, 6.45) is 1.68. The summed E-state index contributed by atoms with van der Waals surface area (Å²) in [5.41, 5.74) is 2.02. The average molecular weight is 290 g/mol. The summed E-state index contributed by atoms with van der Waals surface area (Å²) in [7, 11) is 0. The average Bonchev–Trinajstić information content (AvgIpc) is 2.76. The molecule has 0 aliphatic heterocycles. The van der Waals surface area contributed by atoms with E-state index in [0.29, 0.717) is 6.54 Å². The number of nitrogens with two attached hydrogens (primary N) is 1. The van der Waals surface area contributed by atoms with E-state index in [4.69, 9.17) is 5.73 Å². The van der Waals surface area contributed by atoms with Crippen molar-refractivity contribution in [2.24, 2.45) is 5.73 Å². The van der Waals surface area contributed by atoms with Crippen LogP contribution in [0.4, 0.5) is 13.2 Å². The number of thioether (sulfide) groups is 1. The second kappa shape index (κ2) is 5.29. The van der Waals surface area contributed by atoms with Crippen LogP contribution in [-0.4, -0.2) is 10.5 Å². The lowest BCUT2D eigenvalue weighted by Gasteiger charge is -2.05. The van der Waals surface area contributed by atoms with Crippen LogP contribution in [0, 0.1) is 0 Å². The Morgan fingerprint density at radius 3 is 2.39 bits per heavy atom. The van der Waals surface area contributed by atoms with Crippen molar-refractivity contribution in [2.75, 3.05) is 0 Å². The van der Waals surface area contributed by atoms with Gasteiger partial charge in [0.1, 0.15) is 5.01 Å². The molecular weight excluding hydrogens is 281 g/mol. The van der Waals surface area contributed by atoms with Crippen molar-refractivity contribution in [3.63, 3.8) is 0 Å². The molecule has 0 fully saturated rings. The number of benzene rings is 1. The van der Waals surface area contributed by atoms with Crippen LogP contribution >= 0.6 is 23.1 Å². The van der Waals surface area contributed by atoms with Crippen molar-refractivity contribution >= 4 is 23.1 Å². The van der Waals surface area contributed by atoms with Gasteiger partial charge in [-0.25, -0.2) is 4.98 Å². The zero-order chi connectivity index (χ0) is 13.2. The van der Waals surface area contributed by atoms with Gasteiger partial charge in [0.25, 0.3) is 0 Å². The fourth-order valence-corrected chi connectivity index (χ4v) is 2.67. The fraction of sp³-hybridized carbons (Fsp3) is 0.182. The molecule has 1 aromatic heterocycles. The van der Waals surface area contributed by atoms with E-state index in [1.54, 1.807) is 18.3 Å². The molecule has 7 heteroatoms. The molecule has 0 amide bonds. The number of hydrogen-bond donors (Lipinski definition) is 1. The zero-order valence-electron chi connectivity index (χ0n) is 9.07. The third-order valence-corrected chi connectivity index (χ3v) is 3.90. The van der Waals surface area contributed by atoms with Crippen LogP contribution in [0.2, 0.25) is 0 Å². The van der Waals surface area contributed by atoms with Gasteiger partial charge in [0, 0.05) is 28.1 Å². The van der Waals surface area contributed by atoms with Crippen molar-refractivity contribution in [3.8, 4) is 10.6 Å². The third-order valence-electron chi connectivity index (χ3n) is 2.09. The van der Waals surface area contributed by atoms with Gasteiger partial charge in [-0.2, -0.15) is 13.2 Å². The maximum absolute atomic E-state index is 12.2. The molecule has 2 rings (SSSR count). The molecule has 0 aliphatic rings. The lowest BCUT2D eigenvalue weighted by Crippen LogP contribution is -1.98. The molecular formula is C11H9F3N2S2. The summed E-state index contributed by atoms with van der Waals surface area (Å²) in [4.78, 5) is 5.28. The summed E-state index contributed by atoms with van der Waals surface area (Å²) in [5, 5.41) is 0.763. The van der Waals surface area contributed by atoms with Crippen molar-refractivity contribution in [1.29, 1.82) is 0 Å². The highest BCUT2D eigenvalue weighted by atomic mass is 32.2. The minimum Gasteiger partial charge on any atom is -0.326 e. The van der Waals surface area contributed by atoms with Gasteiger partial charge in [0.2, 0.25) is 0 Å². The Kier molecular flexibility index (Phi) is 3.94. The Morgan fingerprint density at radius 1 is 1.22 bits per heavy atom. The van der Waals surface area contributed by atoms with E-state index in [1.807, 2.05) is 0 Å². The van der Waals surface area contributed by atoms with E-state index >= 15 is 0 Å². The molecule has 0 radical (unpaired) electrons. The molecule has 1 aromatic carbocycles. The predicted octanol–water partition coefficient (Wildman–Crippen LogP) is 3.88. The Labute approximate surface area is 110 Å². The SMILES string of the molecule is NCc1cnc(-c2ccc(SC(F)(F)F)cc2)s1. The Bertz CT molecular complexity index is 520. The van der Waals surface area contributed by atoms with Crippen LogP contribution in [0.15, 0.2) is 35.4 Å². The Hall–Kier alpha value is -1.05.